The van der Waals surface area contributed by atoms with Crippen LogP contribution < -0.4 is 10.6 Å². The molecule has 0 aliphatic carbocycles. The van der Waals surface area contributed by atoms with Crippen molar-refractivity contribution < 1.29 is 9.59 Å². The average Bonchev–Trinajstić information content (AvgIpc) is 3.19. The van der Waals surface area contributed by atoms with Crippen molar-refractivity contribution in [3.05, 3.63) is 70.9 Å². The fraction of sp³-hybridized carbons (Fsp3) is 0.393. The Labute approximate surface area is 208 Å². The molecule has 0 saturated heterocycles. The molecule has 3 aromatic rings. The molecule has 3 amide bonds. The lowest BCUT2D eigenvalue weighted by Gasteiger charge is -2.22. The molecule has 0 fully saturated rings. The molecule has 0 saturated carbocycles. The first-order chi connectivity index (χ1) is 16.5. The van der Waals surface area contributed by atoms with Gasteiger partial charge in [0, 0.05) is 23.7 Å². The summed E-state index contributed by atoms with van der Waals surface area (Å²) in [6, 6.07) is 15.3. The predicted octanol–water partition coefficient (Wildman–Crippen LogP) is 5.98. The molecule has 0 aliphatic heterocycles. The van der Waals surface area contributed by atoms with E-state index in [1.165, 1.54) is 4.90 Å². The number of amides is 3. The standard InChI is InChI=1S/C28H37N5O2/c1-8-15-32(27(35)29-22-13-9-11-19(2)16-22)18-26(34)30-25-17-24(28(5,6)7)31-33(25)23-14-10-12-20(3)21(23)4/h9-14,16-17H,8,15,18H2,1-7H3,(H,29,35)(H,30,34). The van der Waals surface area contributed by atoms with E-state index in [9.17, 15) is 9.59 Å². The van der Waals surface area contributed by atoms with Gasteiger partial charge < -0.3 is 15.5 Å². The van der Waals surface area contributed by atoms with Crippen molar-refractivity contribution in [1.29, 1.82) is 0 Å². The third-order valence-electron chi connectivity index (χ3n) is 5.93. The van der Waals surface area contributed by atoms with E-state index in [1.54, 1.807) is 4.68 Å². The van der Waals surface area contributed by atoms with Gasteiger partial charge in [0.2, 0.25) is 5.91 Å². The molecule has 0 radical (unpaired) electrons. The molecule has 7 heteroatoms. The van der Waals surface area contributed by atoms with Gasteiger partial charge in [0.1, 0.15) is 12.4 Å². The molecule has 186 valence electrons. The second-order valence-electron chi connectivity index (χ2n) is 10.1. The van der Waals surface area contributed by atoms with Crippen LogP contribution in [0, 0.1) is 20.8 Å². The normalized spacial score (nSPS) is 11.3. The first-order valence-corrected chi connectivity index (χ1v) is 12.1. The van der Waals surface area contributed by atoms with Crippen LogP contribution in [0.1, 0.15) is 56.5 Å². The molecule has 0 atom stereocenters. The number of anilines is 2. The molecule has 0 bridgehead atoms. The first-order valence-electron chi connectivity index (χ1n) is 12.1. The SMILES string of the molecule is CCCN(CC(=O)Nc1cc(C(C)(C)C)nn1-c1cccc(C)c1C)C(=O)Nc1cccc(C)c1. The van der Waals surface area contributed by atoms with Gasteiger partial charge >= 0.3 is 6.03 Å². The quantitative estimate of drug-likeness (QED) is 0.441. The van der Waals surface area contributed by atoms with E-state index in [-0.39, 0.29) is 23.9 Å². The Morgan fingerprint density at radius 3 is 2.37 bits per heavy atom. The molecule has 2 aromatic carbocycles. The Kier molecular flexibility index (Phi) is 7.99. The van der Waals surface area contributed by atoms with Gasteiger partial charge in [-0.15, -0.1) is 0 Å². The number of hydrogen-bond donors (Lipinski definition) is 2. The highest BCUT2D eigenvalue weighted by molar-refractivity contribution is 5.96. The lowest BCUT2D eigenvalue weighted by atomic mass is 9.92. The number of carbonyl (C=O) groups is 2. The Hall–Kier alpha value is -3.61. The lowest BCUT2D eigenvalue weighted by Crippen LogP contribution is -2.41. The Balaban J connectivity index is 1.84. The number of aryl methyl sites for hydroxylation is 2. The smallest absolute Gasteiger partial charge is 0.315 e. The van der Waals surface area contributed by atoms with Crippen molar-refractivity contribution in [3.8, 4) is 5.69 Å². The zero-order valence-corrected chi connectivity index (χ0v) is 21.9. The van der Waals surface area contributed by atoms with Crippen LogP contribution in [0.4, 0.5) is 16.3 Å². The van der Waals surface area contributed by atoms with Crippen LogP contribution >= 0.6 is 0 Å². The number of benzene rings is 2. The minimum absolute atomic E-state index is 0.0612. The second kappa shape index (κ2) is 10.8. The van der Waals surface area contributed by atoms with Crippen molar-refractivity contribution in [3.63, 3.8) is 0 Å². The highest BCUT2D eigenvalue weighted by Gasteiger charge is 2.23. The predicted molar refractivity (Wildman–Crippen MR) is 142 cm³/mol. The van der Waals surface area contributed by atoms with Crippen molar-refractivity contribution in [2.75, 3.05) is 23.7 Å². The van der Waals surface area contributed by atoms with Crippen LogP contribution in [0.3, 0.4) is 0 Å². The van der Waals surface area contributed by atoms with Crippen molar-refractivity contribution in [2.24, 2.45) is 0 Å². The summed E-state index contributed by atoms with van der Waals surface area (Å²) in [5.74, 6) is 0.314. The lowest BCUT2D eigenvalue weighted by molar-refractivity contribution is -0.116. The molecule has 1 aromatic heterocycles. The topological polar surface area (TPSA) is 79.3 Å². The van der Waals surface area contributed by atoms with Gasteiger partial charge in [-0.3, -0.25) is 4.79 Å². The van der Waals surface area contributed by atoms with Crippen LogP contribution in [-0.4, -0.2) is 39.7 Å². The summed E-state index contributed by atoms with van der Waals surface area (Å²) in [5, 5.41) is 10.7. The monoisotopic (exact) mass is 475 g/mol. The summed E-state index contributed by atoms with van der Waals surface area (Å²) in [5.41, 5.74) is 5.60. The van der Waals surface area contributed by atoms with E-state index in [0.29, 0.717) is 18.1 Å². The van der Waals surface area contributed by atoms with Crippen LogP contribution in [-0.2, 0) is 10.2 Å². The minimum Gasteiger partial charge on any atom is -0.315 e. The largest absolute Gasteiger partial charge is 0.322 e. The molecule has 1 heterocycles. The van der Waals surface area contributed by atoms with E-state index in [0.717, 1.165) is 34.5 Å². The van der Waals surface area contributed by atoms with Gasteiger partial charge in [0.05, 0.1) is 11.4 Å². The van der Waals surface area contributed by atoms with E-state index in [2.05, 4.69) is 44.4 Å². The van der Waals surface area contributed by atoms with Gasteiger partial charge in [-0.25, -0.2) is 9.48 Å². The molecule has 3 rings (SSSR count). The maximum absolute atomic E-state index is 13.1. The van der Waals surface area contributed by atoms with Gasteiger partial charge in [-0.05, 0) is 62.1 Å². The molecule has 35 heavy (non-hydrogen) atoms. The zero-order chi connectivity index (χ0) is 25.8. The fourth-order valence-corrected chi connectivity index (χ4v) is 3.79. The summed E-state index contributed by atoms with van der Waals surface area (Å²) in [6.07, 6.45) is 0.739. The molecular weight excluding hydrogens is 438 g/mol. The summed E-state index contributed by atoms with van der Waals surface area (Å²) in [4.78, 5) is 27.6. The summed E-state index contributed by atoms with van der Waals surface area (Å²) >= 11 is 0. The highest BCUT2D eigenvalue weighted by Crippen LogP contribution is 2.28. The molecule has 7 nitrogen and oxygen atoms in total. The van der Waals surface area contributed by atoms with E-state index >= 15 is 0 Å². The average molecular weight is 476 g/mol. The number of nitrogens with one attached hydrogen (secondary N) is 2. The van der Waals surface area contributed by atoms with Gasteiger partial charge in [0.15, 0.2) is 0 Å². The number of rotatable bonds is 7. The number of nitrogens with zero attached hydrogens (tertiary/aromatic N) is 3. The second-order valence-corrected chi connectivity index (χ2v) is 10.1. The van der Waals surface area contributed by atoms with Crippen LogP contribution in [0.25, 0.3) is 5.69 Å². The van der Waals surface area contributed by atoms with Crippen molar-refractivity contribution >= 4 is 23.4 Å². The minimum atomic E-state index is -0.300. The maximum atomic E-state index is 13.1. The number of aromatic nitrogens is 2. The van der Waals surface area contributed by atoms with E-state index in [4.69, 9.17) is 5.10 Å². The summed E-state index contributed by atoms with van der Waals surface area (Å²) in [7, 11) is 0. The Morgan fingerprint density at radius 1 is 1.00 bits per heavy atom. The van der Waals surface area contributed by atoms with Gasteiger partial charge in [0.25, 0.3) is 0 Å². The van der Waals surface area contributed by atoms with Gasteiger partial charge in [-0.1, -0.05) is 52.0 Å². The van der Waals surface area contributed by atoms with Crippen LogP contribution in [0.5, 0.6) is 0 Å². The number of hydrogen-bond acceptors (Lipinski definition) is 3. The molecule has 0 spiro atoms. The maximum Gasteiger partial charge on any atom is 0.322 e. The van der Waals surface area contributed by atoms with Crippen molar-refractivity contribution in [2.45, 2.75) is 60.3 Å². The third-order valence-corrected chi connectivity index (χ3v) is 5.93. The van der Waals surface area contributed by atoms with E-state index in [1.807, 2.05) is 63.2 Å². The summed E-state index contributed by atoms with van der Waals surface area (Å²) in [6.45, 7) is 14.7. The molecule has 0 aliphatic rings. The van der Waals surface area contributed by atoms with Crippen LogP contribution in [0.15, 0.2) is 48.5 Å². The third kappa shape index (κ3) is 6.50. The number of carbonyl (C=O) groups excluding carboxylic acids is 2. The molecular formula is C28H37N5O2. The Morgan fingerprint density at radius 2 is 1.71 bits per heavy atom. The Bertz CT molecular complexity index is 1210. The number of urea groups is 1. The highest BCUT2D eigenvalue weighted by atomic mass is 16.2. The van der Waals surface area contributed by atoms with Crippen LogP contribution in [0.2, 0.25) is 0 Å². The first kappa shape index (κ1) is 26.0. The van der Waals surface area contributed by atoms with E-state index < -0.39 is 0 Å². The van der Waals surface area contributed by atoms with Crippen molar-refractivity contribution in [1.82, 2.24) is 14.7 Å². The summed E-state index contributed by atoms with van der Waals surface area (Å²) < 4.78 is 1.79. The fourth-order valence-electron chi connectivity index (χ4n) is 3.79. The molecule has 2 N–H and O–H groups in total. The zero-order valence-electron chi connectivity index (χ0n) is 21.9. The van der Waals surface area contributed by atoms with Gasteiger partial charge in [-0.2, -0.15) is 5.10 Å². The molecule has 0 unspecified atom stereocenters.